The molecule has 1 heteroatoms. The van der Waals surface area contributed by atoms with Crippen molar-refractivity contribution in [3.63, 3.8) is 0 Å². The van der Waals surface area contributed by atoms with Gasteiger partial charge in [0.25, 0.3) is 0 Å². The second kappa shape index (κ2) is 6.48. The van der Waals surface area contributed by atoms with Crippen LogP contribution in [0.1, 0.15) is 37.0 Å². The lowest BCUT2D eigenvalue weighted by Crippen LogP contribution is -2.00. The Bertz CT molecular complexity index is 391. The quantitative estimate of drug-likeness (QED) is 0.681. The fraction of sp³-hybridized carbons (Fsp3) is 0.500. The monoisotopic (exact) mass is 232 g/mol. The van der Waals surface area contributed by atoms with Crippen LogP contribution in [-0.2, 0) is 6.42 Å². The summed E-state index contributed by atoms with van der Waals surface area (Å²) in [6.07, 6.45) is 6.77. The van der Waals surface area contributed by atoms with E-state index in [1.165, 1.54) is 16.7 Å². The van der Waals surface area contributed by atoms with Crippen molar-refractivity contribution in [2.45, 2.75) is 40.5 Å². The maximum Gasteiger partial charge on any atom is 0.122 e. The summed E-state index contributed by atoms with van der Waals surface area (Å²) in [5, 5.41) is 0. The smallest absolute Gasteiger partial charge is 0.122 e. The minimum absolute atomic E-state index is 0.599. The molecule has 0 aromatic heterocycles. The second-order valence-electron chi connectivity index (χ2n) is 4.77. The van der Waals surface area contributed by atoms with Gasteiger partial charge in [0.1, 0.15) is 5.75 Å². The Morgan fingerprint density at radius 2 is 1.94 bits per heavy atom. The average molecular weight is 232 g/mol. The number of aryl methyl sites for hydroxylation is 2. The molecule has 0 heterocycles. The Morgan fingerprint density at radius 1 is 1.24 bits per heavy atom. The summed E-state index contributed by atoms with van der Waals surface area (Å²) >= 11 is 0. The third-order valence-electron chi connectivity index (χ3n) is 3.10. The summed E-state index contributed by atoms with van der Waals surface area (Å²) in [5.74, 6) is 1.59. The minimum atomic E-state index is 0.599. The first-order chi connectivity index (χ1) is 8.08. The van der Waals surface area contributed by atoms with Gasteiger partial charge in [-0.15, -0.1) is 0 Å². The van der Waals surface area contributed by atoms with Gasteiger partial charge >= 0.3 is 0 Å². The SMILES string of the molecule is CC/C=C\C(C)Cc1cc(C)c(OC)cc1C. The van der Waals surface area contributed by atoms with Gasteiger partial charge in [-0.1, -0.05) is 32.1 Å². The molecule has 0 spiro atoms. The molecule has 94 valence electrons. The molecule has 0 amide bonds. The predicted octanol–water partition coefficient (Wildman–Crippen LogP) is 4.46. The van der Waals surface area contributed by atoms with Crippen LogP contribution in [0, 0.1) is 19.8 Å². The molecule has 0 N–H and O–H groups in total. The summed E-state index contributed by atoms with van der Waals surface area (Å²) < 4.78 is 5.34. The number of allylic oxidation sites excluding steroid dienone is 2. The van der Waals surface area contributed by atoms with E-state index in [4.69, 9.17) is 4.74 Å². The van der Waals surface area contributed by atoms with Gasteiger partial charge in [0.15, 0.2) is 0 Å². The summed E-state index contributed by atoms with van der Waals surface area (Å²) in [4.78, 5) is 0. The zero-order valence-electron chi connectivity index (χ0n) is 11.7. The fourth-order valence-corrected chi connectivity index (χ4v) is 2.07. The van der Waals surface area contributed by atoms with Crippen molar-refractivity contribution in [3.8, 4) is 5.75 Å². The van der Waals surface area contributed by atoms with E-state index in [-0.39, 0.29) is 0 Å². The molecule has 0 aliphatic heterocycles. The summed E-state index contributed by atoms with van der Waals surface area (Å²) in [7, 11) is 1.73. The van der Waals surface area contributed by atoms with Crippen molar-refractivity contribution in [1.82, 2.24) is 0 Å². The van der Waals surface area contributed by atoms with E-state index in [9.17, 15) is 0 Å². The van der Waals surface area contributed by atoms with Crippen molar-refractivity contribution < 1.29 is 4.74 Å². The zero-order chi connectivity index (χ0) is 12.8. The number of methoxy groups -OCH3 is 1. The first-order valence-electron chi connectivity index (χ1n) is 6.39. The molecule has 0 fully saturated rings. The molecule has 1 aromatic rings. The highest BCUT2D eigenvalue weighted by atomic mass is 16.5. The third kappa shape index (κ3) is 3.92. The normalized spacial score (nSPS) is 13.0. The van der Waals surface area contributed by atoms with E-state index in [2.05, 4.69) is 52.0 Å². The van der Waals surface area contributed by atoms with Crippen LogP contribution in [-0.4, -0.2) is 7.11 Å². The molecule has 1 atom stereocenters. The third-order valence-corrected chi connectivity index (χ3v) is 3.10. The Hall–Kier alpha value is -1.24. The molecule has 0 radical (unpaired) electrons. The van der Waals surface area contributed by atoms with Crippen LogP contribution in [0.2, 0.25) is 0 Å². The predicted molar refractivity (Wildman–Crippen MR) is 74.8 cm³/mol. The maximum atomic E-state index is 5.34. The summed E-state index contributed by atoms with van der Waals surface area (Å²) in [6.45, 7) is 8.71. The molecule has 0 aliphatic carbocycles. The van der Waals surface area contributed by atoms with E-state index < -0.39 is 0 Å². The molecule has 1 unspecified atom stereocenters. The van der Waals surface area contributed by atoms with Crippen LogP contribution >= 0.6 is 0 Å². The van der Waals surface area contributed by atoms with Gasteiger partial charge < -0.3 is 4.74 Å². The van der Waals surface area contributed by atoms with Crippen molar-refractivity contribution in [2.24, 2.45) is 5.92 Å². The van der Waals surface area contributed by atoms with Crippen molar-refractivity contribution in [3.05, 3.63) is 41.0 Å². The van der Waals surface area contributed by atoms with E-state index >= 15 is 0 Å². The van der Waals surface area contributed by atoms with Crippen LogP contribution in [0.5, 0.6) is 5.75 Å². The van der Waals surface area contributed by atoms with Gasteiger partial charge in [-0.2, -0.15) is 0 Å². The number of ether oxygens (including phenoxy) is 1. The van der Waals surface area contributed by atoms with Gasteiger partial charge in [-0.25, -0.2) is 0 Å². The Morgan fingerprint density at radius 3 is 2.53 bits per heavy atom. The van der Waals surface area contributed by atoms with E-state index in [0.29, 0.717) is 5.92 Å². The number of rotatable bonds is 5. The molecular weight excluding hydrogens is 208 g/mol. The molecule has 0 saturated heterocycles. The number of benzene rings is 1. The lowest BCUT2D eigenvalue weighted by atomic mass is 9.95. The summed E-state index contributed by atoms with van der Waals surface area (Å²) in [5.41, 5.74) is 3.97. The lowest BCUT2D eigenvalue weighted by molar-refractivity contribution is 0.411. The number of hydrogen-bond donors (Lipinski definition) is 0. The molecule has 1 nitrogen and oxygen atoms in total. The van der Waals surface area contributed by atoms with Gasteiger partial charge in [-0.3, -0.25) is 0 Å². The Balaban J connectivity index is 2.85. The molecule has 0 saturated carbocycles. The van der Waals surface area contributed by atoms with E-state index in [0.717, 1.165) is 18.6 Å². The summed E-state index contributed by atoms with van der Waals surface area (Å²) in [6, 6.07) is 4.39. The highest BCUT2D eigenvalue weighted by Crippen LogP contribution is 2.24. The highest BCUT2D eigenvalue weighted by Gasteiger charge is 2.07. The second-order valence-corrected chi connectivity index (χ2v) is 4.77. The fourth-order valence-electron chi connectivity index (χ4n) is 2.07. The number of hydrogen-bond acceptors (Lipinski definition) is 1. The molecule has 0 bridgehead atoms. The van der Waals surface area contributed by atoms with Crippen LogP contribution < -0.4 is 4.74 Å². The van der Waals surface area contributed by atoms with Gasteiger partial charge in [0.05, 0.1) is 7.11 Å². The molecule has 1 aromatic carbocycles. The van der Waals surface area contributed by atoms with Gasteiger partial charge in [-0.05, 0) is 55.4 Å². The standard InChI is InChI=1S/C16H24O/c1-6-7-8-12(2)9-15-10-14(4)16(17-5)11-13(15)3/h7-8,10-12H,6,9H2,1-5H3/b8-7-. The molecular formula is C16H24O. The van der Waals surface area contributed by atoms with Crippen molar-refractivity contribution in [2.75, 3.05) is 7.11 Å². The van der Waals surface area contributed by atoms with Crippen molar-refractivity contribution in [1.29, 1.82) is 0 Å². The first kappa shape index (κ1) is 13.8. The minimum Gasteiger partial charge on any atom is -0.496 e. The zero-order valence-corrected chi connectivity index (χ0v) is 11.7. The van der Waals surface area contributed by atoms with Crippen molar-refractivity contribution >= 4 is 0 Å². The maximum absolute atomic E-state index is 5.34. The highest BCUT2D eigenvalue weighted by molar-refractivity contribution is 5.41. The van der Waals surface area contributed by atoms with Gasteiger partial charge in [0, 0.05) is 0 Å². The first-order valence-corrected chi connectivity index (χ1v) is 6.39. The molecule has 0 aliphatic rings. The van der Waals surface area contributed by atoms with Gasteiger partial charge in [0.2, 0.25) is 0 Å². The van der Waals surface area contributed by atoms with E-state index in [1.807, 2.05) is 0 Å². The lowest BCUT2D eigenvalue weighted by Gasteiger charge is -2.13. The van der Waals surface area contributed by atoms with E-state index in [1.54, 1.807) is 7.11 Å². The Kier molecular flexibility index (Phi) is 5.27. The van der Waals surface area contributed by atoms with Crippen LogP contribution in [0.15, 0.2) is 24.3 Å². The average Bonchev–Trinajstić information content (AvgIpc) is 2.30. The van der Waals surface area contributed by atoms with Crippen LogP contribution in [0.4, 0.5) is 0 Å². The van der Waals surface area contributed by atoms with Crippen LogP contribution in [0.25, 0.3) is 0 Å². The Labute approximate surface area is 106 Å². The molecule has 17 heavy (non-hydrogen) atoms. The topological polar surface area (TPSA) is 9.23 Å². The molecule has 1 rings (SSSR count). The largest absolute Gasteiger partial charge is 0.496 e. The van der Waals surface area contributed by atoms with Crippen LogP contribution in [0.3, 0.4) is 0 Å².